The van der Waals surface area contributed by atoms with Crippen molar-refractivity contribution in [3.63, 3.8) is 0 Å². The number of phenols is 1. The molecule has 0 radical (unpaired) electrons. The molecular formula is C18H15ClFN3O2. The molecule has 0 saturated carbocycles. The molecule has 128 valence electrons. The molecule has 1 atom stereocenters. The van der Waals surface area contributed by atoms with Crippen LogP contribution in [0.4, 0.5) is 4.39 Å². The first-order valence-corrected chi connectivity index (χ1v) is 7.85. The van der Waals surface area contributed by atoms with Crippen molar-refractivity contribution < 1.29 is 14.3 Å². The van der Waals surface area contributed by atoms with E-state index in [2.05, 4.69) is 10.3 Å². The Bertz CT molecular complexity index is 926. The summed E-state index contributed by atoms with van der Waals surface area (Å²) in [5.74, 6) is -0.370. The minimum Gasteiger partial charge on any atom is -0.506 e. The maximum absolute atomic E-state index is 13.6. The standard InChI is InChI=1S/C18H15ClFN3O2/c1-23-8-7-21-17(23)16(11-3-2-4-13(20)9-11)22-18(25)12-5-6-15(24)14(19)10-12/h2-10,16,24H,1H3,(H,22,25)/t16-/m1/s1. The van der Waals surface area contributed by atoms with E-state index < -0.39 is 17.8 Å². The molecule has 2 aromatic carbocycles. The summed E-state index contributed by atoms with van der Waals surface area (Å²) >= 11 is 5.86. The van der Waals surface area contributed by atoms with Crippen LogP contribution < -0.4 is 5.32 Å². The number of hydrogen-bond donors (Lipinski definition) is 2. The van der Waals surface area contributed by atoms with E-state index in [-0.39, 0.29) is 16.3 Å². The van der Waals surface area contributed by atoms with Crippen LogP contribution in [0, 0.1) is 5.82 Å². The number of nitrogens with zero attached hydrogens (tertiary/aromatic N) is 2. The van der Waals surface area contributed by atoms with Gasteiger partial charge in [0.15, 0.2) is 0 Å². The van der Waals surface area contributed by atoms with Crippen LogP contribution in [0.25, 0.3) is 0 Å². The van der Waals surface area contributed by atoms with E-state index in [1.807, 2.05) is 0 Å². The molecule has 2 N–H and O–H groups in total. The quantitative estimate of drug-likeness (QED) is 0.750. The van der Waals surface area contributed by atoms with E-state index in [0.29, 0.717) is 11.4 Å². The SMILES string of the molecule is Cn1ccnc1[C@H](NC(=O)c1ccc(O)c(Cl)c1)c1cccc(F)c1. The first-order chi connectivity index (χ1) is 12.0. The maximum atomic E-state index is 13.6. The van der Waals surface area contributed by atoms with Gasteiger partial charge in [0.1, 0.15) is 23.4 Å². The van der Waals surface area contributed by atoms with Crippen molar-refractivity contribution in [2.45, 2.75) is 6.04 Å². The number of imidazole rings is 1. The summed E-state index contributed by atoms with van der Waals surface area (Å²) in [7, 11) is 1.79. The van der Waals surface area contributed by atoms with Gasteiger partial charge in [0.2, 0.25) is 0 Å². The summed E-state index contributed by atoms with van der Waals surface area (Å²) in [5, 5.41) is 12.4. The summed E-state index contributed by atoms with van der Waals surface area (Å²) in [6.07, 6.45) is 3.34. The van der Waals surface area contributed by atoms with E-state index in [0.717, 1.165) is 0 Å². The van der Waals surface area contributed by atoms with E-state index in [1.165, 1.54) is 30.3 Å². The van der Waals surface area contributed by atoms with E-state index >= 15 is 0 Å². The molecule has 3 rings (SSSR count). The summed E-state index contributed by atoms with van der Waals surface area (Å²) in [5.41, 5.74) is 0.839. The van der Waals surface area contributed by atoms with Gasteiger partial charge < -0.3 is 15.0 Å². The van der Waals surface area contributed by atoms with Gasteiger partial charge in [-0.2, -0.15) is 0 Å². The van der Waals surface area contributed by atoms with Crippen LogP contribution in [0.15, 0.2) is 54.9 Å². The molecule has 7 heteroatoms. The number of rotatable bonds is 4. The number of aromatic hydroxyl groups is 1. The van der Waals surface area contributed by atoms with Crippen LogP contribution in [0.2, 0.25) is 5.02 Å². The van der Waals surface area contributed by atoms with Crippen molar-refractivity contribution in [1.82, 2.24) is 14.9 Å². The van der Waals surface area contributed by atoms with Crippen LogP contribution in [0.1, 0.15) is 27.8 Å². The lowest BCUT2D eigenvalue weighted by Gasteiger charge is -2.19. The van der Waals surface area contributed by atoms with Crippen molar-refractivity contribution in [1.29, 1.82) is 0 Å². The third kappa shape index (κ3) is 3.64. The molecule has 5 nitrogen and oxygen atoms in total. The molecule has 0 aliphatic carbocycles. The molecule has 1 heterocycles. The lowest BCUT2D eigenvalue weighted by molar-refractivity contribution is 0.0941. The van der Waals surface area contributed by atoms with Crippen molar-refractivity contribution in [3.05, 3.63) is 82.6 Å². The number of carbonyl (C=O) groups is 1. The Hall–Kier alpha value is -2.86. The van der Waals surface area contributed by atoms with Crippen molar-refractivity contribution in [3.8, 4) is 5.75 Å². The lowest BCUT2D eigenvalue weighted by Crippen LogP contribution is -2.31. The zero-order valence-corrected chi connectivity index (χ0v) is 14.0. The Kier molecular flexibility index (Phi) is 4.72. The largest absolute Gasteiger partial charge is 0.506 e. The fraction of sp³-hybridized carbons (Fsp3) is 0.111. The molecule has 0 saturated heterocycles. The molecule has 1 amide bonds. The summed E-state index contributed by atoms with van der Waals surface area (Å²) < 4.78 is 15.4. The topological polar surface area (TPSA) is 67.2 Å². The number of halogens is 2. The normalized spacial score (nSPS) is 12.0. The van der Waals surface area contributed by atoms with Crippen LogP contribution >= 0.6 is 11.6 Å². The second-order valence-electron chi connectivity index (χ2n) is 5.52. The first-order valence-electron chi connectivity index (χ1n) is 7.48. The highest BCUT2D eigenvalue weighted by Crippen LogP contribution is 2.25. The molecule has 0 aliphatic heterocycles. The van der Waals surface area contributed by atoms with Gasteiger partial charge in [-0.1, -0.05) is 23.7 Å². The molecule has 25 heavy (non-hydrogen) atoms. The molecule has 0 spiro atoms. The molecule has 3 aromatic rings. The number of aromatic nitrogens is 2. The highest BCUT2D eigenvalue weighted by atomic mass is 35.5. The van der Waals surface area contributed by atoms with Crippen LogP contribution in [0.3, 0.4) is 0 Å². The predicted molar refractivity (Wildman–Crippen MR) is 92.0 cm³/mol. The highest BCUT2D eigenvalue weighted by Gasteiger charge is 2.22. The number of hydrogen-bond acceptors (Lipinski definition) is 3. The van der Waals surface area contributed by atoms with Gasteiger partial charge in [-0.25, -0.2) is 9.37 Å². The number of nitrogens with one attached hydrogen (secondary N) is 1. The Balaban J connectivity index is 1.96. The number of benzene rings is 2. The number of aryl methyl sites for hydroxylation is 1. The maximum Gasteiger partial charge on any atom is 0.252 e. The zero-order chi connectivity index (χ0) is 18.0. The fourth-order valence-electron chi connectivity index (χ4n) is 2.50. The Morgan fingerprint density at radius 3 is 2.76 bits per heavy atom. The number of amides is 1. The molecule has 0 unspecified atom stereocenters. The number of phenolic OH excluding ortho intramolecular Hbond substituents is 1. The van der Waals surface area contributed by atoms with E-state index in [4.69, 9.17) is 11.6 Å². The van der Waals surface area contributed by atoms with Gasteiger partial charge in [0, 0.05) is 25.0 Å². The molecule has 1 aromatic heterocycles. The number of carbonyl (C=O) groups excluding carboxylic acids is 1. The zero-order valence-electron chi connectivity index (χ0n) is 13.3. The second kappa shape index (κ2) is 6.94. The van der Waals surface area contributed by atoms with Crippen molar-refractivity contribution >= 4 is 17.5 Å². The van der Waals surface area contributed by atoms with E-state index in [9.17, 15) is 14.3 Å². The lowest BCUT2D eigenvalue weighted by atomic mass is 10.0. The summed E-state index contributed by atoms with van der Waals surface area (Å²) in [4.78, 5) is 16.9. The van der Waals surface area contributed by atoms with Crippen molar-refractivity contribution in [2.75, 3.05) is 0 Å². The molecular weight excluding hydrogens is 345 g/mol. The summed E-state index contributed by atoms with van der Waals surface area (Å²) in [6.45, 7) is 0. The van der Waals surface area contributed by atoms with Crippen molar-refractivity contribution in [2.24, 2.45) is 7.05 Å². The Morgan fingerprint density at radius 1 is 1.32 bits per heavy atom. The predicted octanol–water partition coefficient (Wildman–Crippen LogP) is 3.44. The average Bonchev–Trinajstić information content (AvgIpc) is 3.00. The van der Waals surface area contributed by atoms with Gasteiger partial charge in [0.25, 0.3) is 5.91 Å². The third-order valence-electron chi connectivity index (χ3n) is 3.78. The van der Waals surface area contributed by atoms with Gasteiger partial charge in [-0.15, -0.1) is 0 Å². The second-order valence-corrected chi connectivity index (χ2v) is 5.93. The van der Waals surface area contributed by atoms with Gasteiger partial charge in [-0.05, 0) is 35.9 Å². The average molecular weight is 360 g/mol. The van der Waals surface area contributed by atoms with Gasteiger partial charge in [0.05, 0.1) is 5.02 Å². The van der Waals surface area contributed by atoms with Crippen LogP contribution in [-0.2, 0) is 7.05 Å². The minimum atomic E-state index is -0.643. The van der Waals surface area contributed by atoms with Crippen LogP contribution in [-0.4, -0.2) is 20.6 Å². The van der Waals surface area contributed by atoms with Crippen LogP contribution in [0.5, 0.6) is 5.75 Å². The van der Waals surface area contributed by atoms with Gasteiger partial charge >= 0.3 is 0 Å². The Labute approximate surface area is 148 Å². The summed E-state index contributed by atoms with van der Waals surface area (Å²) in [6, 6.07) is 9.50. The molecule has 0 aliphatic rings. The van der Waals surface area contributed by atoms with E-state index in [1.54, 1.807) is 36.1 Å². The fourth-order valence-corrected chi connectivity index (χ4v) is 2.68. The first kappa shape index (κ1) is 17.0. The smallest absolute Gasteiger partial charge is 0.252 e. The highest BCUT2D eigenvalue weighted by molar-refractivity contribution is 6.32. The monoisotopic (exact) mass is 359 g/mol. The molecule has 0 bridgehead atoms. The van der Waals surface area contributed by atoms with Gasteiger partial charge in [-0.3, -0.25) is 4.79 Å². The minimum absolute atomic E-state index is 0.0759. The molecule has 0 fully saturated rings. The Morgan fingerprint density at radius 2 is 2.12 bits per heavy atom. The third-order valence-corrected chi connectivity index (χ3v) is 4.09.